The summed E-state index contributed by atoms with van der Waals surface area (Å²) in [6, 6.07) is 8.35. The molecule has 3 aromatic heterocycles. The van der Waals surface area contributed by atoms with Crippen LogP contribution < -0.4 is 10.9 Å². The number of anilines is 1. The number of benzene rings is 1. The first-order valence-corrected chi connectivity index (χ1v) is 13.7. The average Bonchev–Trinajstić information content (AvgIpc) is 3.80. The highest BCUT2D eigenvalue weighted by atomic mass is 32.2. The summed E-state index contributed by atoms with van der Waals surface area (Å²) >= 11 is 1.71. The minimum Gasteiger partial charge on any atom is -0.361 e. The maximum absolute atomic E-state index is 13.7. The molecule has 1 aromatic carbocycles. The van der Waals surface area contributed by atoms with Crippen LogP contribution in [0.15, 0.2) is 46.5 Å². The zero-order valence-corrected chi connectivity index (χ0v) is 21.5. The van der Waals surface area contributed by atoms with Gasteiger partial charge in [-0.3, -0.25) is 9.36 Å². The molecule has 184 valence electrons. The molecule has 2 fully saturated rings. The third-order valence-electron chi connectivity index (χ3n) is 7.22. The van der Waals surface area contributed by atoms with Crippen LogP contribution in [0, 0.1) is 12.8 Å². The number of aryl methyl sites for hydroxylation is 1. The molecule has 0 bridgehead atoms. The Morgan fingerprint density at radius 2 is 1.86 bits per heavy atom. The fourth-order valence-corrected chi connectivity index (χ4v) is 5.18. The first-order chi connectivity index (χ1) is 17.5. The Hall–Kier alpha value is -3.33. The van der Waals surface area contributed by atoms with Gasteiger partial charge in [0.2, 0.25) is 0 Å². The normalized spacial score (nSPS) is 16.3. The average molecular weight is 500 g/mol. The third kappa shape index (κ3) is 4.36. The van der Waals surface area contributed by atoms with Crippen molar-refractivity contribution in [3.63, 3.8) is 0 Å². The van der Waals surface area contributed by atoms with Crippen LogP contribution in [0.4, 0.5) is 5.82 Å². The van der Waals surface area contributed by atoms with E-state index in [1.165, 1.54) is 4.90 Å². The molecule has 0 saturated heterocycles. The van der Waals surface area contributed by atoms with Crippen LogP contribution in [0.1, 0.15) is 61.5 Å². The molecule has 9 heteroatoms. The number of rotatable bonds is 8. The van der Waals surface area contributed by atoms with Gasteiger partial charge in [-0.15, -0.1) is 11.8 Å². The Labute approximate surface area is 214 Å². The SMILES string of the molecule is CSc1ccc(CNc2nc3cnc(-c4c(C)ncnc4C4CC4)nc3n(C(C)C3CC3)c2=O)cc1. The van der Waals surface area contributed by atoms with Gasteiger partial charge in [0.25, 0.3) is 5.56 Å². The van der Waals surface area contributed by atoms with Gasteiger partial charge in [0.05, 0.1) is 23.1 Å². The Morgan fingerprint density at radius 1 is 1.08 bits per heavy atom. The minimum atomic E-state index is -0.143. The lowest BCUT2D eigenvalue weighted by Crippen LogP contribution is -2.29. The number of thioether (sulfide) groups is 1. The molecule has 0 radical (unpaired) electrons. The molecule has 1 atom stereocenters. The summed E-state index contributed by atoms with van der Waals surface area (Å²) in [5.41, 5.74) is 4.87. The predicted octanol–water partition coefficient (Wildman–Crippen LogP) is 5.13. The molecule has 0 spiro atoms. The number of nitrogens with zero attached hydrogens (tertiary/aromatic N) is 6. The Morgan fingerprint density at radius 3 is 2.56 bits per heavy atom. The van der Waals surface area contributed by atoms with Gasteiger partial charge in [0.15, 0.2) is 17.3 Å². The van der Waals surface area contributed by atoms with Gasteiger partial charge in [0, 0.05) is 23.4 Å². The fourth-order valence-electron chi connectivity index (χ4n) is 4.77. The van der Waals surface area contributed by atoms with E-state index < -0.39 is 0 Å². The molecule has 0 aliphatic heterocycles. The molecule has 36 heavy (non-hydrogen) atoms. The van der Waals surface area contributed by atoms with E-state index in [1.54, 1.807) is 24.3 Å². The number of hydrogen-bond acceptors (Lipinski definition) is 8. The predicted molar refractivity (Wildman–Crippen MR) is 142 cm³/mol. The van der Waals surface area contributed by atoms with Crippen molar-refractivity contribution in [1.29, 1.82) is 0 Å². The van der Waals surface area contributed by atoms with Crippen molar-refractivity contribution in [2.45, 2.75) is 62.9 Å². The van der Waals surface area contributed by atoms with Gasteiger partial charge in [-0.05, 0) is 69.4 Å². The maximum Gasteiger partial charge on any atom is 0.295 e. The van der Waals surface area contributed by atoms with Gasteiger partial charge in [0.1, 0.15) is 11.8 Å². The quantitative estimate of drug-likeness (QED) is 0.333. The first kappa shape index (κ1) is 23.1. The van der Waals surface area contributed by atoms with E-state index in [1.807, 2.05) is 11.5 Å². The fraction of sp³-hybridized carbons (Fsp3) is 0.407. The van der Waals surface area contributed by atoms with E-state index in [2.05, 4.69) is 62.7 Å². The van der Waals surface area contributed by atoms with E-state index in [0.29, 0.717) is 41.2 Å². The van der Waals surface area contributed by atoms with Crippen LogP contribution >= 0.6 is 11.8 Å². The highest BCUT2D eigenvalue weighted by Gasteiger charge is 2.33. The number of hydrogen-bond donors (Lipinski definition) is 1. The number of nitrogens with one attached hydrogen (secondary N) is 1. The Bertz CT molecular complexity index is 1490. The summed E-state index contributed by atoms with van der Waals surface area (Å²) in [6.45, 7) is 4.59. The molecule has 3 heterocycles. The zero-order chi connectivity index (χ0) is 24.8. The van der Waals surface area contributed by atoms with Crippen LogP contribution in [-0.2, 0) is 6.54 Å². The van der Waals surface area contributed by atoms with Crippen LogP contribution in [-0.4, -0.2) is 35.7 Å². The van der Waals surface area contributed by atoms with Crippen molar-refractivity contribution in [2.75, 3.05) is 11.6 Å². The van der Waals surface area contributed by atoms with Gasteiger partial charge in [-0.2, -0.15) is 0 Å². The van der Waals surface area contributed by atoms with E-state index in [0.717, 1.165) is 48.2 Å². The van der Waals surface area contributed by atoms with Gasteiger partial charge in [-0.25, -0.2) is 24.9 Å². The summed E-state index contributed by atoms with van der Waals surface area (Å²) < 4.78 is 1.82. The topological polar surface area (TPSA) is 98.5 Å². The second-order valence-corrected chi connectivity index (χ2v) is 10.7. The Kier molecular flexibility index (Phi) is 5.95. The van der Waals surface area contributed by atoms with Gasteiger partial charge < -0.3 is 5.32 Å². The third-order valence-corrected chi connectivity index (χ3v) is 7.96. The lowest BCUT2D eigenvalue weighted by atomic mass is 10.1. The smallest absolute Gasteiger partial charge is 0.295 e. The van der Waals surface area contributed by atoms with Crippen LogP contribution in [0.5, 0.6) is 0 Å². The largest absolute Gasteiger partial charge is 0.361 e. The number of fused-ring (bicyclic) bond motifs is 1. The molecule has 2 aliphatic rings. The van der Waals surface area contributed by atoms with Crippen molar-refractivity contribution in [3.8, 4) is 11.4 Å². The lowest BCUT2D eigenvalue weighted by Gasteiger charge is -2.19. The molecule has 4 aromatic rings. The van der Waals surface area contributed by atoms with E-state index in [9.17, 15) is 4.79 Å². The molecule has 0 amide bonds. The monoisotopic (exact) mass is 499 g/mol. The second-order valence-electron chi connectivity index (χ2n) is 9.81. The summed E-state index contributed by atoms with van der Waals surface area (Å²) in [5.74, 6) is 1.80. The molecular weight excluding hydrogens is 470 g/mol. The van der Waals surface area contributed by atoms with Crippen molar-refractivity contribution in [1.82, 2.24) is 29.5 Å². The highest BCUT2D eigenvalue weighted by Crippen LogP contribution is 2.43. The van der Waals surface area contributed by atoms with E-state index in [-0.39, 0.29) is 11.6 Å². The van der Waals surface area contributed by atoms with Crippen molar-refractivity contribution >= 4 is 28.7 Å². The van der Waals surface area contributed by atoms with Crippen LogP contribution in [0.3, 0.4) is 0 Å². The standard InChI is InChI=1S/C27H29N7OS/c1-15-22(23(19-8-9-19)31-14-30-15)24-29-13-21-26(33-24)34(16(2)18-6-7-18)27(35)25(32-21)28-12-17-4-10-20(36-3)11-5-17/h4-5,10-11,13-14,16,18-19H,6-9,12H2,1-3H3,(H,28,32). The minimum absolute atomic E-state index is 0.0307. The van der Waals surface area contributed by atoms with Crippen molar-refractivity contribution < 1.29 is 0 Å². The molecular formula is C27H29N7OS. The molecule has 1 N–H and O–H groups in total. The molecule has 1 unspecified atom stereocenters. The van der Waals surface area contributed by atoms with E-state index >= 15 is 0 Å². The van der Waals surface area contributed by atoms with Crippen LogP contribution in [0.2, 0.25) is 0 Å². The second kappa shape index (κ2) is 9.28. The Balaban J connectivity index is 1.43. The van der Waals surface area contributed by atoms with Crippen molar-refractivity contribution in [3.05, 3.63) is 64.1 Å². The molecule has 2 aliphatic carbocycles. The summed E-state index contributed by atoms with van der Waals surface area (Å²) in [6.07, 6.45) is 9.90. The zero-order valence-electron chi connectivity index (χ0n) is 20.7. The van der Waals surface area contributed by atoms with Gasteiger partial charge >= 0.3 is 0 Å². The van der Waals surface area contributed by atoms with Crippen LogP contribution in [0.25, 0.3) is 22.6 Å². The maximum atomic E-state index is 13.7. The van der Waals surface area contributed by atoms with Crippen molar-refractivity contribution in [2.24, 2.45) is 5.92 Å². The first-order valence-electron chi connectivity index (χ1n) is 12.5. The molecule has 6 rings (SSSR count). The summed E-state index contributed by atoms with van der Waals surface area (Å²) in [7, 11) is 0. The molecule has 8 nitrogen and oxygen atoms in total. The molecule has 2 saturated carbocycles. The lowest BCUT2D eigenvalue weighted by molar-refractivity contribution is 0.482. The summed E-state index contributed by atoms with van der Waals surface area (Å²) in [5, 5.41) is 3.27. The highest BCUT2D eigenvalue weighted by molar-refractivity contribution is 7.98. The summed E-state index contributed by atoms with van der Waals surface area (Å²) in [4.78, 5) is 38.2. The number of aromatic nitrogens is 6. The van der Waals surface area contributed by atoms with Gasteiger partial charge in [-0.1, -0.05) is 12.1 Å². The van der Waals surface area contributed by atoms with E-state index in [4.69, 9.17) is 4.98 Å².